The van der Waals surface area contributed by atoms with Gasteiger partial charge in [-0.1, -0.05) is 29.0 Å². The Bertz CT molecular complexity index is 828. The van der Waals surface area contributed by atoms with Gasteiger partial charge in [0, 0.05) is 29.7 Å². The molecule has 0 aliphatic rings. The van der Waals surface area contributed by atoms with Crippen LogP contribution >= 0.6 is 11.3 Å². The van der Waals surface area contributed by atoms with E-state index < -0.39 is 0 Å². The number of nitrogens with zero attached hydrogens (tertiary/aromatic N) is 1. The fraction of sp³-hybridized carbons (Fsp3) is 0.389. The third-order valence-corrected chi connectivity index (χ3v) is 4.81. The summed E-state index contributed by atoms with van der Waals surface area (Å²) in [6.45, 7) is 7.94. The van der Waals surface area contributed by atoms with Crippen LogP contribution in [0.15, 0.2) is 22.3 Å². The second-order valence-corrected chi connectivity index (χ2v) is 6.96. The van der Waals surface area contributed by atoms with Crippen molar-refractivity contribution in [1.82, 2.24) is 9.88 Å². The van der Waals surface area contributed by atoms with Crippen molar-refractivity contribution < 1.29 is 9.59 Å². The van der Waals surface area contributed by atoms with Gasteiger partial charge in [0.25, 0.3) is 0 Å². The Labute approximate surface area is 150 Å². The van der Waals surface area contributed by atoms with Gasteiger partial charge in [-0.2, -0.15) is 0 Å². The largest absolute Gasteiger partial charge is 0.347 e. The minimum absolute atomic E-state index is 0.0756. The van der Waals surface area contributed by atoms with E-state index in [4.69, 9.17) is 0 Å². The molecule has 0 spiro atoms. The molecule has 0 saturated carbocycles. The van der Waals surface area contributed by atoms with E-state index in [1.807, 2.05) is 39.8 Å². The molecule has 7 heteroatoms. The van der Waals surface area contributed by atoms with E-state index in [9.17, 15) is 14.4 Å². The van der Waals surface area contributed by atoms with Crippen molar-refractivity contribution >= 4 is 28.8 Å². The smallest absolute Gasteiger partial charge is 0.307 e. The van der Waals surface area contributed by atoms with E-state index in [0.29, 0.717) is 6.54 Å². The van der Waals surface area contributed by atoms with Gasteiger partial charge in [-0.15, -0.1) is 0 Å². The van der Waals surface area contributed by atoms with Crippen LogP contribution in [0.5, 0.6) is 0 Å². The van der Waals surface area contributed by atoms with Gasteiger partial charge in [0.2, 0.25) is 11.8 Å². The zero-order valence-electron chi connectivity index (χ0n) is 14.9. The van der Waals surface area contributed by atoms with E-state index in [1.165, 1.54) is 0 Å². The van der Waals surface area contributed by atoms with E-state index in [-0.39, 0.29) is 29.7 Å². The highest BCUT2D eigenvalue weighted by Gasteiger charge is 2.11. The molecule has 0 atom stereocenters. The zero-order valence-corrected chi connectivity index (χ0v) is 15.8. The van der Waals surface area contributed by atoms with Gasteiger partial charge >= 0.3 is 4.87 Å². The first kappa shape index (κ1) is 18.9. The number of aromatic nitrogens is 1. The minimum atomic E-state index is -0.271. The topological polar surface area (TPSA) is 80.2 Å². The Balaban J connectivity index is 1.84. The summed E-state index contributed by atoms with van der Waals surface area (Å²) in [6.07, 6.45) is 0.160. The lowest BCUT2D eigenvalue weighted by Gasteiger charge is -2.13. The second-order valence-electron chi connectivity index (χ2n) is 6.14. The highest BCUT2D eigenvalue weighted by atomic mass is 32.1. The second kappa shape index (κ2) is 8.11. The van der Waals surface area contributed by atoms with Crippen molar-refractivity contribution in [2.75, 3.05) is 11.9 Å². The van der Waals surface area contributed by atoms with Crippen LogP contribution in [-0.4, -0.2) is 22.9 Å². The lowest BCUT2D eigenvalue weighted by molar-refractivity contribution is -0.124. The summed E-state index contributed by atoms with van der Waals surface area (Å²) in [4.78, 5) is 35.5. The van der Waals surface area contributed by atoms with Crippen LogP contribution in [0.3, 0.4) is 0 Å². The van der Waals surface area contributed by atoms with Crippen molar-refractivity contribution in [1.29, 1.82) is 0 Å². The highest BCUT2D eigenvalue weighted by Crippen LogP contribution is 2.21. The highest BCUT2D eigenvalue weighted by molar-refractivity contribution is 7.07. The van der Waals surface area contributed by atoms with E-state index in [2.05, 4.69) is 10.6 Å². The first-order chi connectivity index (χ1) is 11.8. The van der Waals surface area contributed by atoms with Crippen LogP contribution in [0.1, 0.15) is 28.8 Å². The van der Waals surface area contributed by atoms with Crippen molar-refractivity contribution in [3.05, 3.63) is 49.6 Å². The van der Waals surface area contributed by atoms with Gasteiger partial charge in [0.15, 0.2) is 0 Å². The Morgan fingerprint density at radius 3 is 2.28 bits per heavy atom. The van der Waals surface area contributed by atoms with E-state index in [0.717, 1.165) is 39.4 Å². The molecule has 6 nitrogen and oxygen atoms in total. The number of nitrogens with one attached hydrogen (secondary N) is 2. The molecule has 134 valence electrons. The molecule has 0 aliphatic heterocycles. The first-order valence-electron chi connectivity index (χ1n) is 8.07. The molecule has 0 saturated heterocycles. The zero-order chi connectivity index (χ0) is 18.6. The number of benzene rings is 1. The van der Waals surface area contributed by atoms with Crippen LogP contribution in [0.4, 0.5) is 5.69 Å². The average molecular weight is 361 g/mol. The van der Waals surface area contributed by atoms with E-state index in [1.54, 1.807) is 9.95 Å². The van der Waals surface area contributed by atoms with Gasteiger partial charge in [-0.05, 0) is 38.8 Å². The quantitative estimate of drug-likeness (QED) is 0.828. The summed E-state index contributed by atoms with van der Waals surface area (Å²) in [5, 5.41) is 7.20. The lowest BCUT2D eigenvalue weighted by Crippen LogP contribution is -2.34. The van der Waals surface area contributed by atoms with Gasteiger partial charge in [-0.3, -0.25) is 14.4 Å². The molecule has 2 amide bonds. The molecule has 2 rings (SSSR count). The molecule has 1 heterocycles. The number of hydrogen-bond donors (Lipinski definition) is 2. The van der Waals surface area contributed by atoms with Gasteiger partial charge in [0.1, 0.15) is 0 Å². The van der Waals surface area contributed by atoms with Crippen molar-refractivity contribution in [2.45, 2.75) is 40.7 Å². The van der Waals surface area contributed by atoms with Crippen LogP contribution in [0.25, 0.3) is 0 Å². The SMILES string of the molecule is Cc1cc(C)c(NC(=O)CNC(=O)CCn2c(C)csc2=O)c(C)c1. The molecular formula is C18H23N3O3S. The molecule has 0 unspecified atom stereocenters. The van der Waals surface area contributed by atoms with Crippen LogP contribution in [-0.2, 0) is 16.1 Å². The Morgan fingerprint density at radius 2 is 1.72 bits per heavy atom. The summed E-state index contributed by atoms with van der Waals surface area (Å²) >= 11 is 1.12. The fourth-order valence-corrected chi connectivity index (χ4v) is 3.48. The Morgan fingerprint density at radius 1 is 1.08 bits per heavy atom. The third-order valence-electron chi connectivity index (χ3n) is 3.93. The molecule has 2 aromatic rings. The number of rotatable bonds is 6. The Hall–Kier alpha value is -2.41. The molecule has 0 bridgehead atoms. The van der Waals surface area contributed by atoms with Crippen molar-refractivity contribution in [2.24, 2.45) is 0 Å². The molecule has 1 aromatic carbocycles. The molecule has 0 radical (unpaired) electrons. The van der Waals surface area contributed by atoms with Gasteiger partial charge in [-0.25, -0.2) is 0 Å². The predicted molar refractivity (Wildman–Crippen MR) is 100 cm³/mol. The van der Waals surface area contributed by atoms with Crippen molar-refractivity contribution in [3.63, 3.8) is 0 Å². The summed E-state index contributed by atoms with van der Waals surface area (Å²) in [5.74, 6) is -0.530. The maximum Gasteiger partial charge on any atom is 0.307 e. The maximum atomic E-state index is 12.1. The first-order valence-corrected chi connectivity index (χ1v) is 8.95. The fourth-order valence-electron chi connectivity index (χ4n) is 2.72. The van der Waals surface area contributed by atoms with Gasteiger partial charge < -0.3 is 15.2 Å². The predicted octanol–water partition coefficient (Wildman–Crippen LogP) is 2.29. The molecular weight excluding hydrogens is 338 g/mol. The summed E-state index contributed by atoms with van der Waals surface area (Å²) < 4.78 is 1.56. The van der Waals surface area contributed by atoms with Crippen LogP contribution in [0.2, 0.25) is 0 Å². The minimum Gasteiger partial charge on any atom is -0.347 e. The van der Waals surface area contributed by atoms with Crippen LogP contribution < -0.4 is 15.5 Å². The summed E-state index contributed by atoms with van der Waals surface area (Å²) in [5.41, 5.74) is 4.74. The Kier molecular flexibility index (Phi) is 6.14. The number of carbonyl (C=O) groups is 2. The molecule has 0 aliphatic carbocycles. The van der Waals surface area contributed by atoms with Crippen LogP contribution in [0, 0.1) is 27.7 Å². The molecule has 1 aromatic heterocycles. The molecule has 25 heavy (non-hydrogen) atoms. The number of amides is 2. The molecule has 0 fully saturated rings. The number of aryl methyl sites for hydroxylation is 4. The van der Waals surface area contributed by atoms with Gasteiger partial charge in [0.05, 0.1) is 6.54 Å². The maximum absolute atomic E-state index is 12.1. The molecule has 2 N–H and O–H groups in total. The monoisotopic (exact) mass is 361 g/mol. The summed E-state index contributed by atoms with van der Waals surface area (Å²) in [6, 6.07) is 4.00. The normalized spacial score (nSPS) is 10.6. The van der Waals surface area contributed by atoms with E-state index >= 15 is 0 Å². The van der Waals surface area contributed by atoms with Crippen molar-refractivity contribution in [3.8, 4) is 0 Å². The number of hydrogen-bond acceptors (Lipinski definition) is 4. The third kappa shape index (κ3) is 5.03. The number of carbonyl (C=O) groups excluding carboxylic acids is 2. The number of anilines is 1. The lowest BCUT2D eigenvalue weighted by atomic mass is 10.1. The summed E-state index contributed by atoms with van der Waals surface area (Å²) in [7, 11) is 0. The average Bonchev–Trinajstić information content (AvgIpc) is 2.85. The number of thiazole rings is 1. The standard InChI is InChI=1S/C18H23N3O3S/c1-11-7-12(2)17(13(3)8-11)20-16(23)9-19-15(22)5-6-21-14(4)10-25-18(21)24/h7-8,10H,5-6,9H2,1-4H3,(H,19,22)(H,20,23).